The maximum atomic E-state index is 12.5. The fourth-order valence-electron chi connectivity index (χ4n) is 4.05. The number of nitrogens with two attached hydrogens (primary N) is 1. The Balaban J connectivity index is 2.00. The first-order valence-electron chi connectivity index (χ1n) is 11.7. The van der Waals surface area contributed by atoms with Crippen molar-refractivity contribution in [2.45, 2.75) is 70.3 Å². The first kappa shape index (κ1) is 27.3. The number of methoxy groups -OCH3 is 1. The zero-order chi connectivity index (χ0) is 25.1. The number of ether oxygens (including phenoxy) is 2. The fraction of sp³-hybridized carbons (Fsp3) is 0.500. The number of rotatable bonds is 15. The van der Waals surface area contributed by atoms with Crippen LogP contribution in [0.5, 0.6) is 28.7 Å². The number of carbonyl (C=O) groups is 1. The van der Waals surface area contributed by atoms with Crippen molar-refractivity contribution in [2.75, 3.05) is 13.8 Å². The Hall–Kier alpha value is -2.97. The molecule has 0 saturated carbocycles. The van der Waals surface area contributed by atoms with Crippen LogP contribution in [0.4, 0.5) is 0 Å². The second-order valence-corrected chi connectivity index (χ2v) is 8.53. The van der Waals surface area contributed by atoms with Crippen molar-refractivity contribution >= 4 is 5.78 Å². The number of aliphatic hydroxyl groups is 1. The average molecular weight is 476 g/mol. The minimum atomic E-state index is -0.836. The van der Waals surface area contributed by atoms with Crippen LogP contribution in [-0.2, 0) is 11.2 Å². The Morgan fingerprint density at radius 3 is 2.50 bits per heavy atom. The number of carbonyl (C=O) groups excluding carboxylic acids is 1. The van der Waals surface area contributed by atoms with E-state index in [1.807, 2.05) is 0 Å². The van der Waals surface area contributed by atoms with Crippen molar-refractivity contribution in [2.24, 2.45) is 5.73 Å². The van der Waals surface area contributed by atoms with Gasteiger partial charge < -0.3 is 29.9 Å². The van der Waals surface area contributed by atoms with E-state index in [9.17, 15) is 25.2 Å². The first-order chi connectivity index (χ1) is 16.3. The van der Waals surface area contributed by atoms with Gasteiger partial charge in [-0.25, -0.2) is 0 Å². The van der Waals surface area contributed by atoms with E-state index in [-0.39, 0.29) is 60.0 Å². The standard InChI is InChI=1S/C26H37NO7/c1-3-4-5-6-18(19-13-23(31)26(32)25(14-19)33-2)12-21(29)15-20(28)9-7-17-8-10-22(30)24(11-17)34-16-27/h8,10-11,13-14,18,21,29-32H,3-7,9,12,15-16,27H2,1-2H3. The minimum Gasteiger partial charge on any atom is -0.504 e. The molecule has 2 aromatic rings. The summed E-state index contributed by atoms with van der Waals surface area (Å²) in [4.78, 5) is 12.5. The predicted octanol–water partition coefficient (Wildman–Crippen LogP) is 4.11. The number of Topliss-reactive ketones (excluding diaryl/α,β-unsaturated/α-hetero) is 1. The molecule has 34 heavy (non-hydrogen) atoms. The van der Waals surface area contributed by atoms with Gasteiger partial charge in [0.15, 0.2) is 23.0 Å². The van der Waals surface area contributed by atoms with Crippen molar-refractivity contribution in [1.82, 2.24) is 0 Å². The van der Waals surface area contributed by atoms with E-state index in [0.717, 1.165) is 36.8 Å². The molecule has 0 aliphatic heterocycles. The third-order valence-electron chi connectivity index (χ3n) is 5.90. The largest absolute Gasteiger partial charge is 0.504 e. The molecule has 6 N–H and O–H groups in total. The second kappa shape index (κ2) is 13.7. The maximum Gasteiger partial charge on any atom is 0.200 e. The van der Waals surface area contributed by atoms with Gasteiger partial charge in [0, 0.05) is 12.8 Å². The van der Waals surface area contributed by atoms with Gasteiger partial charge in [0.25, 0.3) is 0 Å². The van der Waals surface area contributed by atoms with Gasteiger partial charge in [0.1, 0.15) is 12.5 Å². The fourth-order valence-corrected chi connectivity index (χ4v) is 4.05. The summed E-state index contributed by atoms with van der Waals surface area (Å²) in [5, 5.41) is 40.5. The Kier molecular flexibility index (Phi) is 11.0. The van der Waals surface area contributed by atoms with E-state index in [1.54, 1.807) is 18.2 Å². The lowest BCUT2D eigenvalue weighted by atomic mass is 9.86. The van der Waals surface area contributed by atoms with Crippen LogP contribution in [0.2, 0.25) is 0 Å². The third-order valence-corrected chi connectivity index (χ3v) is 5.90. The zero-order valence-corrected chi connectivity index (χ0v) is 20.0. The highest BCUT2D eigenvalue weighted by molar-refractivity contribution is 5.79. The number of aliphatic hydroxyl groups excluding tert-OH is 1. The van der Waals surface area contributed by atoms with Crippen LogP contribution >= 0.6 is 0 Å². The van der Waals surface area contributed by atoms with E-state index < -0.39 is 6.10 Å². The number of phenols is 3. The molecule has 0 bridgehead atoms. The highest BCUT2D eigenvalue weighted by Gasteiger charge is 2.22. The van der Waals surface area contributed by atoms with E-state index in [4.69, 9.17) is 15.2 Å². The molecule has 0 fully saturated rings. The van der Waals surface area contributed by atoms with Crippen molar-refractivity contribution in [3.8, 4) is 28.7 Å². The van der Waals surface area contributed by atoms with Gasteiger partial charge in [-0.05, 0) is 60.6 Å². The number of hydrogen-bond acceptors (Lipinski definition) is 8. The van der Waals surface area contributed by atoms with Crippen LogP contribution < -0.4 is 15.2 Å². The summed E-state index contributed by atoms with van der Waals surface area (Å²) in [5.74, 6) is -0.316. The lowest BCUT2D eigenvalue weighted by Crippen LogP contribution is -2.18. The normalized spacial score (nSPS) is 12.8. The quantitative estimate of drug-likeness (QED) is 0.147. The maximum absolute atomic E-state index is 12.5. The van der Waals surface area contributed by atoms with Crippen LogP contribution in [0.25, 0.3) is 0 Å². The molecule has 8 nitrogen and oxygen atoms in total. The summed E-state index contributed by atoms with van der Waals surface area (Å²) in [6.07, 6.45) is 4.06. The molecule has 2 aromatic carbocycles. The summed E-state index contributed by atoms with van der Waals surface area (Å²) >= 11 is 0. The van der Waals surface area contributed by atoms with Crippen molar-refractivity contribution in [1.29, 1.82) is 0 Å². The summed E-state index contributed by atoms with van der Waals surface area (Å²) in [6.45, 7) is 2.05. The van der Waals surface area contributed by atoms with Crippen LogP contribution in [0, 0.1) is 0 Å². The smallest absolute Gasteiger partial charge is 0.200 e. The van der Waals surface area contributed by atoms with Gasteiger partial charge >= 0.3 is 0 Å². The summed E-state index contributed by atoms with van der Waals surface area (Å²) in [7, 11) is 1.41. The third kappa shape index (κ3) is 8.11. The Labute approximate surface area is 201 Å². The number of hydrogen-bond donors (Lipinski definition) is 5. The molecule has 0 saturated heterocycles. The molecule has 0 spiro atoms. The Morgan fingerprint density at radius 1 is 1.06 bits per heavy atom. The summed E-state index contributed by atoms with van der Waals surface area (Å²) < 4.78 is 10.3. The molecule has 0 aromatic heterocycles. The SMILES string of the molecule is CCCCCC(CC(O)CC(=O)CCc1ccc(O)c(OCN)c1)c1cc(O)c(O)c(OC)c1. The van der Waals surface area contributed by atoms with Crippen LogP contribution in [-0.4, -0.2) is 46.2 Å². The molecule has 2 atom stereocenters. The monoisotopic (exact) mass is 475 g/mol. The van der Waals surface area contributed by atoms with Gasteiger partial charge in [-0.3, -0.25) is 10.5 Å². The molecule has 8 heteroatoms. The molecule has 0 amide bonds. The lowest BCUT2D eigenvalue weighted by molar-refractivity contribution is -0.121. The predicted molar refractivity (Wildman–Crippen MR) is 130 cm³/mol. The molecule has 0 aliphatic carbocycles. The van der Waals surface area contributed by atoms with E-state index in [1.165, 1.54) is 19.2 Å². The molecule has 0 heterocycles. The van der Waals surface area contributed by atoms with Crippen molar-refractivity contribution in [3.63, 3.8) is 0 Å². The number of aromatic hydroxyl groups is 3. The zero-order valence-electron chi connectivity index (χ0n) is 20.0. The van der Waals surface area contributed by atoms with Gasteiger partial charge in [-0.2, -0.15) is 0 Å². The summed E-state index contributed by atoms with van der Waals surface area (Å²) in [5.41, 5.74) is 6.94. The van der Waals surface area contributed by atoms with Gasteiger partial charge in [0.2, 0.25) is 5.75 Å². The van der Waals surface area contributed by atoms with Crippen LogP contribution in [0.3, 0.4) is 0 Å². The number of benzene rings is 2. The molecule has 0 radical (unpaired) electrons. The lowest BCUT2D eigenvalue weighted by Gasteiger charge is -2.22. The highest BCUT2D eigenvalue weighted by atomic mass is 16.5. The molecule has 0 aliphatic rings. The minimum absolute atomic E-state index is 0.0121. The van der Waals surface area contributed by atoms with E-state index in [0.29, 0.717) is 12.8 Å². The van der Waals surface area contributed by atoms with E-state index >= 15 is 0 Å². The molecule has 2 rings (SSSR count). The van der Waals surface area contributed by atoms with Gasteiger partial charge in [0.05, 0.1) is 13.2 Å². The molecule has 188 valence electrons. The number of unbranched alkanes of at least 4 members (excludes halogenated alkanes) is 2. The second-order valence-electron chi connectivity index (χ2n) is 8.53. The topological polar surface area (TPSA) is 142 Å². The molecular weight excluding hydrogens is 438 g/mol. The first-order valence-corrected chi connectivity index (χ1v) is 11.7. The van der Waals surface area contributed by atoms with Crippen LogP contribution in [0.15, 0.2) is 30.3 Å². The molecular formula is C26H37NO7. The average Bonchev–Trinajstić information content (AvgIpc) is 2.80. The van der Waals surface area contributed by atoms with Crippen molar-refractivity contribution < 1.29 is 34.7 Å². The number of phenolic OH excluding ortho intramolecular Hbond substituents is 3. The number of ketones is 1. The van der Waals surface area contributed by atoms with E-state index in [2.05, 4.69) is 6.92 Å². The Morgan fingerprint density at radius 2 is 1.82 bits per heavy atom. The van der Waals surface area contributed by atoms with Crippen molar-refractivity contribution in [3.05, 3.63) is 41.5 Å². The molecule has 2 unspecified atom stereocenters. The Bertz CT molecular complexity index is 932. The van der Waals surface area contributed by atoms with Crippen LogP contribution in [0.1, 0.15) is 68.9 Å². The van der Waals surface area contributed by atoms with Gasteiger partial charge in [-0.15, -0.1) is 0 Å². The highest BCUT2D eigenvalue weighted by Crippen LogP contribution is 2.40. The van der Waals surface area contributed by atoms with Gasteiger partial charge in [-0.1, -0.05) is 32.3 Å². The number of aryl methyl sites for hydroxylation is 1. The summed E-state index contributed by atoms with van der Waals surface area (Å²) in [6, 6.07) is 8.04.